The average Bonchev–Trinajstić information content (AvgIpc) is 3.27. The number of aromatic nitrogens is 1. The fourth-order valence-electron chi connectivity index (χ4n) is 7.76. The Morgan fingerprint density at radius 1 is 0.850 bits per heavy atom. The Hall–Kier alpha value is -6.07. The molecule has 1 aromatic heterocycles. The van der Waals surface area contributed by atoms with Crippen LogP contribution >= 0.6 is 23.2 Å². The van der Waals surface area contributed by atoms with E-state index in [1.54, 1.807) is 60.9 Å². The number of carboxylic acid groups (broad SMARTS) is 1. The largest absolute Gasteiger partial charge is 0.489 e. The number of benzene rings is 5. The van der Waals surface area contributed by atoms with Gasteiger partial charge in [0.25, 0.3) is 0 Å². The molecule has 2 aliphatic rings. The van der Waals surface area contributed by atoms with Crippen molar-refractivity contribution in [2.45, 2.75) is 63.6 Å². The predicted octanol–water partition coefficient (Wildman–Crippen LogP) is 9.96. The van der Waals surface area contributed by atoms with E-state index in [9.17, 15) is 14.7 Å². The van der Waals surface area contributed by atoms with Crippen molar-refractivity contribution in [2.75, 3.05) is 6.61 Å². The maximum absolute atomic E-state index is 14.4. The van der Waals surface area contributed by atoms with Crippen molar-refractivity contribution >= 4 is 35.1 Å². The summed E-state index contributed by atoms with van der Waals surface area (Å²) in [6, 6.07) is 36.1. The van der Waals surface area contributed by atoms with Gasteiger partial charge in [-0.05, 0) is 107 Å². The van der Waals surface area contributed by atoms with Crippen LogP contribution in [-0.4, -0.2) is 45.6 Å². The molecule has 0 fully saturated rings. The molecule has 306 valence electrons. The number of rotatable bonds is 14. The van der Waals surface area contributed by atoms with Crippen molar-refractivity contribution in [2.24, 2.45) is 0 Å². The molecule has 6 aromatic rings. The van der Waals surface area contributed by atoms with Crippen molar-refractivity contribution in [3.05, 3.63) is 177 Å². The van der Waals surface area contributed by atoms with E-state index in [1.165, 1.54) is 0 Å². The number of hydrogen-bond donors (Lipinski definition) is 2. The number of amides is 1. The van der Waals surface area contributed by atoms with Crippen molar-refractivity contribution in [1.29, 1.82) is 0 Å². The monoisotopic (exact) mass is 843 g/mol. The second kappa shape index (κ2) is 18.5. The highest BCUT2D eigenvalue weighted by Crippen LogP contribution is 2.42. The number of nitrogens with zero attached hydrogens (tertiary/aromatic N) is 2. The minimum absolute atomic E-state index is 0.0990. The van der Waals surface area contributed by atoms with Crippen LogP contribution in [0.3, 0.4) is 0 Å². The number of carboxylic acids is 1. The fraction of sp³-hybridized carbons (Fsp3) is 0.229. The number of ether oxygens (including phenoxy) is 4. The van der Waals surface area contributed by atoms with Gasteiger partial charge in [-0.2, -0.15) is 0 Å². The van der Waals surface area contributed by atoms with Crippen LogP contribution in [0.1, 0.15) is 58.9 Å². The van der Waals surface area contributed by atoms with Crippen LogP contribution in [0.4, 0.5) is 0 Å². The van der Waals surface area contributed by atoms with Gasteiger partial charge in [0.1, 0.15) is 36.5 Å². The summed E-state index contributed by atoms with van der Waals surface area (Å²) in [6.45, 7) is 3.19. The van der Waals surface area contributed by atoms with Crippen LogP contribution in [-0.2, 0) is 35.6 Å². The van der Waals surface area contributed by atoms with Crippen LogP contribution in [0.2, 0.25) is 10.0 Å². The number of carbonyl (C=O) groups excluding carboxylic acids is 1. The van der Waals surface area contributed by atoms with Gasteiger partial charge in [0.05, 0.1) is 22.3 Å². The molecule has 0 saturated heterocycles. The molecule has 0 bridgehead atoms. The van der Waals surface area contributed by atoms with Gasteiger partial charge in [0.15, 0.2) is 17.6 Å². The smallest absolute Gasteiger partial charge is 0.326 e. The highest BCUT2D eigenvalue weighted by molar-refractivity contribution is 6.42. The van der Waals surface area contributed by atoms with Crippen LogP contribution in [0.25, 0.3) is 0 Å². The van der Waals surface area contributed by atoms with Gasteiger partial charge in [0.2, 0.25) is 5.91 Å². The summed E-state index contributed by atoms with van der Waals surface area (Å²) in [5.74, 6) is 1.66. The lowest BCUT2D eigenvalue weighted by molar-refractivity contribution is -0.143. The average molecular weight is 845 g/mol. The predicted molar refractivity (Wildman–Crippen MR) is 229 cm³/mol. The summed E-state index contributed by atoms with van der Waals surface area (Å²) in [5.41, 5.74) is 5.64. The molecule has 10 nitrogen and oxygen atoms in total. The number of pyridine rings is 1. The highest BCUT2D eigenvalue weighted by Gasteiger charge is 2.38. The molecule has 0 spiro atoms. The van der Waals surface area contributed by atoms with Crippen LogP contribution in [0, 0.1) is 0 Å². The molecule has 3 heterocycles. The highest BCUT2D eigenvalue weighted by atomic mass is 35.5. The topological polar surface area (TPSA) is 119 Å². The lowest BCUT2D eigenvalue weighted by Gasteiger charge is -2.42. The van der Waals surface area contributed by atoms with Crippen molar-refractivity contribution < 1.29 is 33.6 Å². The van der Waals surface area contributed by atoms with E-state index in [2.05, 4.69) is 34.3 Å². The van der Waals surface area contributed by atoms with Gasteiger partial charge in [-0.3, -0.25) is 14.7 Å². The molecule has 2 N–H and O–H groups in total. The Balaban J connectivity index is 0.981. The number of nitrogens with one attached hydrogen (secondary N) is 1. The summed E-state index contributed by atoms with van der Waals surface area (Å²) in [6.07, 6.45) is 4.13. The van der Waals surface area contributed by atoms with Gasteiger partial charge in [0, 0.05) is 25.2 Å². The number of carbonyl (C=O) groups is 2. The number of hydrogen-bond acceptors (Lipinski definition) is 8. The zero-order valence-corrected chi connectivity index (χ0v) is 34.3. The summed E-state index contributed by atoms with van der Waals surface area (Å²) in [7, 11) is 0. The molecule has 60 heavy (non-hydrogen) atoms. The van der Waals surface area contributed by atoms with Gasteiger partial charge in [-0.15, -0.1) is 0 Å². The van der Waals surface area contributed by atoms with Gasteiger partial charge in [-0.25, -0.2) is 4.79 Å². The first kappa shape index (κ1) is 40.7. The lowest BCUT2D eigenvalue weighted by Crippen LogP contribution is -2.55. The van der Waals surface area contributed by atoms with Crippen molar-refractivity contribution in [3.63, 3.8) is 0 Å². The molecular weight excluding hydrogens is 801 g/mol. The molecule has 2 aliphatic heterocycles. The van der Waals surface area contributed by atoms with Crippen LogP contribution < -0.4 is 24.3 Å². The SMILES string of the molecule is CC[C@@H](c1ccccc1)N1Cc2cc3c(cc2C[C@H]1C(=O)N[C@@H](Cc1ccc(Oc2cccnc2)cc1)C(=O)O)OC[C@H](c1ccc(OCc2ccc(Cl)c(Cl)c2)cc1)O3. The Bertz CT molecular complexity index is 2440. The van der Waals surface area contributed by atoms with E-state index >= 15 is 0 Å². The van der Waals surface area contributed by atoms with E-state index < -0.39 is 18.1 Å². The first-order chi connectivity index (χ1) is 29.2. The zero-order valence-electron chi connectivity index (χ0n) is 32.8. The maximum Gasteiger partial charge on any atom is 0.326 e. The van der Waals surface area contributed by atoms with Gasteiger partial charge < -0.3 is 29.4 Å². The second-order valence-corrected chi connectivity index (χ2v) is 15.7. The quantitative estimate of drug-likeness (QED) is 0.110. The summed E-state index contributed by atoms with van der Waals surface area (Å²) >= 11 is 12.2. The van der Waals surface area contributed by atoms with Gasteiger partial charge >= 0.3 is 5.97 Å². The molecule has 5 aromatic carbocycles. The summed E-state index contributed by atoms with van der Waals surface area (Å²) in [4.78, 5) is 33.2. The second-order valence-electron chi connectivity index (χ2n) is 14.9. The number of halogens is 2. The zero-order chi connectivity index (χ0) is 41.6. The Labute approximate surface area is 358 Å². The normalized spacial score (nSPS) is 16.9. The minimum Gasteiger partial charge on any atom is -0.489 e. The Kier molecular flexibility index (Phi) is 12.5. The molecule has 1 amide bonds. The third-order valence-corrected chi connectivity index (χ3v) is 11.6. The van der Waals surface area contributed by atoms with Crippen LogP contribution in [0.15, 0.2) is 134 Å². The third-order valence-electron chi connectivity index (χ3n) is 10.9. The Morgan fingerprint density at radius 2 is 1.60 bits per heavy atom. The molecule has 0 saturated carbocycles. The Morgan fingerprint density at radius 3 is 2.32 bits per heavy atom. The first-order valence-electron chi connectivity index (χ1n) is 19.8. The lowest BCUT2D eigenvalue weighted by atomic mass is 9.89. The fourth-order valence-corrected chi connectivity index (χ4v) is 8.08. The summed E-state index contributed by atoms with van der Waals surface area (Å²) < 4.78 is 24.7. The van der Waals surface area contributed by atoms with E-state index in [1.807, 2.05) is 60.7 Å². The molecular formula is C48H43Cl2N3O7. The first-order valence-corrected chi connectivity index (χ1v) is 20.6. The molecule has 0 radical (unpaired) electrons. The molecule has 0 unspecified atom stereocenters. The van der Waals surface area contributed by atoms with Crippen LogP contribution in [0.5, 0.6) is 28.7 Å². The molecule has 0 aliphatic carbocycles. The third kappa shape index (κ3) is 9.52. The molecule has 12 heteroatoms. The van der Waals surface area contributed by atoms with E-state index in [0.29, 0.717) is 65.0 Å². The van der Waals surface area contributed by atoms with Crippen molar-refractivity contribution in [1.82, 2.24) is 15.2 Å². The van der Waals surface area contributed by atoms with E-state index in [0.717, 1.165) is 39.8 Å². The summed E-state index contributed by atoms with van der Waals surface area (Å²) in [5, 5.41) is 14.2. The number of aliphatic carboxylic acids is 1. The minimum atomic E-state index is -1.15. The molecule has 4 atom stereocenters. The van der Waals surface area contributed by atoms with E-state index in [-0.39, 0.29) is 24.5 Å². The van der Waals surface area contributed by atoms with Crippen molar-refractivity contribution in [3.8, 4) is 28.7 Å². The number of fused-ring (bicyclic) bond motifs is 2. The maximum atomic E-state index is 14.4. The standard InChI is InChI=1S/C48H43Cl2N3O7/c1-2-42(32-7-4-3-5-8-32)53-27-35-25-45-44(58-29-46(60-45)33-13-17-36(18-14-33)57-28-31-12-19-39(49)40(50)21-31)24-34(35)23-43(53)47(54)52-41(48(55)56)22-30-10-15-37(16-11-30)59-38-9-6-20-51-26-38/h3-21,24-26,41-43,46H,2,22-23,27-29H2,1H3,(H,52,54)(H,55,56)/t41-,42-,43-,46+/m0/s1. The van der Waals surface area contributed by atoms with E-state index in [4.69, 9.17) is 42.1 Å². The van der Waals surface area contributed by atoms with Gasteiger partial charge in [-0.1, -0.05) is 90.8 Å². The molecule has 8 rings (SSSR count).